The van der Waals surface area contributed by atoms with Gasteiger partial charge in [0.15, 0.2) is 0 Å². The fourth-order valence-electron chi connectivity index (χ4n) is 3.17. The normalized spacial score (nSPS) is 14.4. The van der Waals surface area contributed by atoms with Crippen LogP contribution in [-0.4, -0.2) is 17.5 Å². The Morgan fingerprint density at radius 2 is 1.78 bits per heavy atom. The Kier molecular flexibility index (Phi) is 6.92. The summed E-state index contributed by atoms with van der Waals surface area (Å²) >= 11 is 0. The van der Waals surface area contributed by atoms with E-state index in [4.69, 9.17) is 5.73 Å². The molecule has 0 atom stereocenters. The number of hydrogen-bond donors (Lipinski definition) is 5. The van der Waals surface area contributed by atoms with Crippen LogP contribution in [0.4, 0.5) is 0 Å². The average molecular weight is 368 g/mol. The van der Waals surface area contributed by atoms with Crippen molar-refractivity contribution < 1.29 is 4.79 Å². The standard InChI is InChI=1S/C20H28N6O/c1-2-3-8-19(27)26(14-21)13-15-9-11-16(12-10-15)17-6-4-5-7-18(17)20-22-24-25-23-20/h4-7,9-12,20,22-25H,2-3,8,13-14,21H2,1H3. The van der Waals surface area contributed by atoms with Crippen LogP contribution >= 0.6 is 0 Å². The fourth-order valence-corrected chi connectivity index (χ4v) is 3.17. The molecule has 1 aliphatic rings. The molecule has 2 aromatic carbocycles. The highest BCUT2D eigenvalue weighted by molar-refractivity contribution is 5.76. The second-order valence-electron chi connectivity index (χ2n) is 6.63. The molecular formula is C20H28N6O. The summed E-state index contributed by atoms with van der Waals surface area (Å²) in [6.45, 7) is 2.87. The zero-order chi connectivity index (χ0) is 19.1. The van der Waals surface area contributed by atoms with Gasteiger partial charge in [-0.3, -0.25) is 4.79 Å². The minimum atomic E-state index is -0.0233. The van der Waals surface area contributed by atoms with Crippen LogP contribution in [0.1, 0.15) is 43.5 Å². The van der Waals surface area contributed by atoms with Crippen molar-refractivity contribution in [3.8, 4) is 11.1 Å². The number of hydrazine groups is 3. The van der Waals surface area contributed by atoms with Gasteiger partial charge in [-0.15, -0.1) is 0 Å². The number of amides is 1. The molecule has 27 heavy (non-hydrogen) atoms. The summed E-state index contributed by atoms with van der Waals surface area (Å²) in [5.74, 6) is 0.118. The second kappa shape index (κ2) is 9.59. The van der Waals surface area contributed by atoms with Crippen LogP contribution in [0.3, 0.4) is 0 Å². The van der Waals surface area contributed by atoms with E-state index in [0.29, 0.717) is 13.0 Å². The van der Waals surface area contributed by atoms with Gasteiger partial charge in [0.05, 0.1) is 6.67 Å². The fraction of sp³-hybridized carbons (Fsp3) is 0.350. The maximum Gasteiger partial charge on any atom is 0.223 e. The van der Waals surface area contributed by atoms with Crippen molar-refractivity contribution in [2.24, 2.45) is 5.73 Å². The van der Waals surface area contributed by atoms with Gasteiger partial charge in [-0.25, -0.2) is 10.9 Å². The lowest BCUT2D eigenvalue weighted by atomic mass is 9.97. The van der Waals surface area contributed by atoms with Gasteiger partial charge in [-0.05, 0) is 28.7 Å². The maximum absolute atomic E-state index is 12.2. The number of carbonyl (C=O) groups excluding carboxylic acids is 1. The Hall–Kier alpha value is -2.29. The van der Waals surface area contributed by atoms with Crippen LogP contribution in [0.5, 0.6) is 0 Å². The third kappa shape index (κ3) is 4.91. The van der Waals surface area contributed by atoms with Crippen LogP contribution in [0.2, 0.25) is 0 Å². The van der Waals surface area contributed by atoms with Gasteiger partial charge < -0.3 is 10.6 Å². The quantitative estimate of drug-likeness (QED) is 0.457. The van der Waals surface area contributed by atoms with Crippen LogP contribution in [0.25, 0.3) is 11.1 Å². The molecule has 7 heteroatoms. The smallest absolute Gasteiger partial charge is 0.223 e. The first-order valence-electron chi connectivity index (χ1n) is 9.40. The lowest BCUT2D eigenvalue weighted by Gasteiger charge is -2.21. The van der Waals surface area contributed by atoms with Crippen molar-refractivity contribution in [1.29, 1.82) is 0 Å². The summed E-state index contributed by atoms with van der Waals surface area (Å²) in [5.41, 5.74) is 22.2. The first-order valence-corrected chi connectivity index (χ1v) is 9.40. The third-order valence-electron chi connectivity index (χ3n) is 4.72. The highest BCUT2D eigenvalue weighted by Crippen LogP contribution is 2.28. The number of rotatable bonds is 8. The zero-order valence-corrected chi connectivity index (χ0v) is 15.7. The maximum atomic E-state index is 12.2. The lowest BCUT2D eigenvalue weighted by Crippen LogP contribution is -2.35. The van der Waals surface area contributed by atoms with Gasteiger partial charge in [0.2, 0.25) is 5.91 Å². The summed E-state index contributed by atoms with van der Waals surface area (Å²) in [5, 5.41) is 0. The number of nitrogens with zero attached hydrogens (tertiary/aromatic N) is 1. The van der Waals surface area contributed by atoms with E-state index in [2.05, 4.69) is 65.2 Å². The molecule has 0 aromatic heterocycles. The van der Waals surface area contributed by atoms with E-state index in [1.807, 2.05) is 12.1 Å². The van der Waals surface area contributed by atoms with Gasteiger partial charge in [0, 0.05) is 13.0 Å². The van der Waals surface area contributed by atoms with E-state index in [1.54, 1.807) is 4.90 Å². The molecule has 0 saturated carbocycles. The topological polar surface area (TPSA) is 94.5 Å². The molecule has 0 unspecified atom stereocenters. The van der Waals surface area contributed by atoms with Gasteiger partial charge >= 0.3 is 0 Å². The van der Waals surface area contributed by atoms with Crippen LogP contribution in [-0.2, 0) is 11.3 Å². The second-order valence-corrected chi connectivity index (χ2v) is 6.63. The van der Waals surface area contributed by atoms with E-state index >= 15 is 0 Å². The molecule has 1 heterocycles. The van der Waals surface area contributed by atoms with Gasteiger partial charge in [-0.1, -0.05) is 61.9 Å². The molecule has 2 aromatic rings. The van der Waals surface area contributed by atoms with Crippen LogP contribution in [0.15, 0.2) is 48.5 Å². The Labute approximate surface area is 160 Å². The molecule has 1 saturated heterocycles. The highest BCUT2D eigenvalue weighted by Gasteiger charge is 2.18. The lowest BCUT2D eigenvalue weighted by molar-refractivity contribution is -0.131. The molecule has 1 fully saturated rings. The van der Waals surface area contributed by atoms with Crippen LogP contribution in [0, 0.1) is 0 Å². The Balaban J connectivity index is 1.73. The Bertz CT molecular complexity index is 742. The van der Waals surface area contributed by atoms with E-state index < -0.39 is 0 Å². The van der Waals surface area contributed by atoms with Crippen molar-refractivity contribution in [2.45, 2.75) is 38.9 Å². The van der Waals surface area contributed by atoms with Gasteiger partial charge in [0.25, 0.3) is 0 Å². The molecule has 1 aliphatic heterocycles. The summed E-state index contributed by atoms with van der Waals surface area (Å²) in [6, 6.07) is 16.6. The molecule has 7 nitrogen and oxygen atoms in total. The molecule has 6 N–H and O–H groups in total. The largest absolute Gasteiger partial charge is 0.326 e. The average Bonchev–Trinajstić information content (AvgIpc) is 3.25. The minimum absolute atomic E-state index is 0.0233. The molecule has 0 radical (unpaired) electrons. The van der Waals surface area contributed by atoms with Crippen LogP contribution < -0.4 is 27.7 Å². The van der Waals surface area contributed by atoms with Crippen molar-refractivity contribution >= 4 is 5.91 Å². The number of nitrogens with two attached hydrogens (primary N) is 1. The van der Waals surface area contributed by atoms with E-state index in [1.165, 1.54) is 0 Å². The Morgan fingerprint density at radius 1 is 1.07 bits per heavy atom. The van der Waals surface area contributed by atoms with Crippen molar-refractivity contribution in [3.05, 3.63) is 59.7 Å². The number of benzene rings is 2. The summed E-state index contributed by atoms with van der Waals surface area (Å²) in [6.07, 6.45) is 2.44. The predicted octanol–water partition coefficient (Wildman–Crippen LogP) is 1.90. The third-order valence-corrected chi connectivity index (χ3v) is 4.72. The SMILES string of the molecule is CCCCC(=O)N(CN)Cc1ccc(-c2ccccc2C2NNNN2)cc1. The zero-order valence-electron chi connectivity index (χ0n) is 15.7. The monoisotopic (exact) mass is 368 g/mol. The van der Waals surface area contributed by atoms with Gasteiger partial charge in [0.1, 0.15) is 6.17 Å². The Morgan fingerprint density at radius 3 is 2.44 bits per heavy atom. The summed E-state index contributed by atoms with van der Waals surface area (Å²) in [4.78, 5) is 13.9. The van der Waals surface area contributed by atoms with Crippen molar-refractivity contribution in [1.82, 2.24) is 26.8 Å². The van der Waals surface area contributed by atoms with E-state index in [9.17, 15) is 4.79 Å². The minimum Gasteiger partial charge on any atom is -0.326 e. The van der Waals surface area contributed by atoms with Crippen molar-refractivity contribution in [3.63, 3.8) is 0 Å². The van der Waals surface area contributed by atoms with E-state index in [-0.39, 0.29) is 18.7 Å². The summed E-state index contributed by atoms with van der Waals surface area (Å²) in [7, 11) is 0. The predicted molar refractivity (Wildman–Crippen MR) is 106 cm³/mol. The van der Waals surface area contributed by atoms with Crippen molar-refractivity contribution in [2.75, 3.05) is 6.67 Å². The molecule has 144 valence electrons. The molecule has 0 aliphatic carbocycles. The first-order chi connectivity index (χ1) is 13.2. The molecule has 3 rings (SSSR count). The number of nitrogens with one attached hydrogen (secondary N) is 4. The van der Waals surface area contributed by atoms with Gasteiger partial charge in [-0.2, -0.15) is 11.1 Å². The van der Waals surface area contributed by atoms with E-state index in [0.717, 1.165) is 35.1 Å². The number of unbranched alkanes of at least 4 members (excludes halogenated alkanes) is 1. The highest BCUT2D eigenvalue weighted by atomic mass is 16.2. The number of hydrogen-bond acceptors (Lipinski definition) is 6. The summed E-state index contributed by atoms with van der Waals surface area (Å²) < 4.78 is 0. The first kappa shape index (κ1) is 19.5. The molecule has 1 amide bonds. The number of carbonyl (C=O) groups is 1. The molecule has 0 bridgehead atoms. The molecular weight excluding hydrogens is 340 g/mol. The molecule has 0 spiro atoms.